The number of hydrogen-bond acceptors (Lipinski definition) is 3. The highest BCUT2D eigenvalue weighted by Gasteiger charge is 2.30. The summed E-state index contributed by atoms with van der Waals surface area (Å²) in [6.07, 6.45) is -2.49. The van der Waals surface area contributed by atoms with Crippen LogP contribution < -0.4 is 14.8 Å². The van der Waals surface area contributed by atoms with Gasteiger partial charge >= 0.3 is 6.18 Å². The molecule has 7 heteroatoms. The topological polar surface area (TPSA) is 30.5 Å². The summed E-state index contributed by atoms with van der Waals surface area (Å²) in [5, 5.41) is 3.16. The van der Waals surface area contributed by atoms with Gasteiger partial charge in [-0.1, -0.05) is 25.6 Å². The minimum atomic E-state index is -4.36. The standard InChI is InChI=1S/C20H22F3NO2S/c1-3-4-13-24-19(27)14(2)25-16-9-11-18(12-10-16)26-17-7-5-15(6-8-17)20(21,22)23/h5-12,14H,3-4,13H2,1-2H3,(H,24,27). The molecule has 146 valence electrons. The summed E-state index contributed by atoms with van der Waals surface area (Å²) in [4.78, 5) is 0.647. The first-order valence-electron chi connectivity index (χ1n) is 8.69. The zero-order chi connectivity index (χ0) is 19.9. The van der Waals surface area contributed by atoms with Crippen molar-refractivity contribution in [2.24, 2.45) is 0 Å². The molecule has 1 unspecified atom stereocenters. The molecule has 0 aromatic heterocycles. The van der Waals surface area contributed by atoms with Gasteiger partial charge in [-0.25, -0.2) is 0 Å². The predicted octanol–water partition coefficient (Wildman–Crippen LogP) is 5.98. The normalized spacial score (nSPS) is 12.3. The molecule has 1 atom stereocenters. The fourth-order valence-corrected chi connectivity index (χ4v) is 2.37. The molecule has 0 radical (unpaired) electrons. The first-order chi connectivity index (χ1) is 12.8. The van der Waals surface area contributed by atoms with Crippen molar-refractivity contribution in [2.45, 2.75) is 39.0 Å². The van der Waals surface area contributed by atoms with Gasteiger partial charge in [-0.15, -0.1) is 0 Å². The van der Waals surface area contributed by atoms with Gasteiger partial charge in [0.15, 0.2) is 0 Å². The quantitative estimate of drug-likeness (QED) is 0.438. The summed E-state index contributed by atoms with van der Waals surface area (Å²) in [5.74, 6) is 1.45. The van der Waals surface area contributed by atoms with Gasteiger partial charge in [0, 0.05) is 6.54 Å². The average molecular weight is 397 g/mol. The molecule has 0 heterocycles. The molecule has 2 aromatic carbocycles. The van der Waals surface area contributed by atoms with Crippen molar-refractivity contribution in [3.05, 3.63) is 54.1 Å². The molecular formula is C20H22F3NO2S. The van der Waals surface area contributed by atoms with Gasteiger partial charge in [0.05, 0.1) is 5.56 Å². The fraction of sp³-hybridized carbons (Fsp3) is 0.350. The van der Waals surface area contributed by atoms with Crippen LogP contribution in [0, 0.1) is 0 Å². The Labute approximate surface area is 162 Å². The van der Waals surface area contributed by atoms with Crippen molar-refractivity contribution in [3.8, 4) is 17.2 Å². The Kier molecular flexibility index (Phi) is 7.47. The number of rotatable bonds is 8. The maximum absolute atomic E-state index is 12.6. The maximum atomic E-state index is 12.6. The molecule has 0 saturated carbocycles. The van der Waals surface area contributed by atoms with E-state index in [1.165, 1.54) is 12.1 Å². The molecule has 0 aliphatic heterocycles. The SMILES string of the molecule is CCCCNC(=S)C(C)Oc1ccc(Oc2ccc(C(F)(F)F)cc2)cc1. The van der Waals surface area contributed by atoms with Crippen LogP contribution in [0.4, 0.5) is 13.2 Å². The molecular weight excluding hydrogens is 375 g/mol. The van der Waals surface area contributed by atoms with Crippen LogP contribution in [-0.2, 0) is 6.18 Å². The zero-order valence-electron chi connectivity index (χ0n) is 15.2. The number of benzene rings is 2. The van der Waals surface area contributed by atoms with Crippen LogP contribution in [0.5, 0.6) is 17.2 Å². The van der Waals surface area contributed by atoms with Gasteiger partial charge in [-0.05, 0) is 61.9 Å². The molecule has 0 spiro atoms. The molecule has 27 heavy (non-hydrogen) atoms. The summed E-state index contributed by atoms with van der Waals surface area (Å²) in [6, 6.07) is 11.4. The lowest BCUT2D eigenvalue weighted by Crippen LogP contribution is -2.35. The molecule has 0 aliphatic carbocycles. The largest absolute Gasteiger partial charge is 0.484 e. The first kappa shape index (κ1) is 21.0. The van der Waals surface area contributed by atoms with Gasteiger partial charge in [-0.2, -0.15) is 13.2 Å². The van der Waals surface area contributed by atoms with E-state index in [1.807, 2.05) is 6.92 Å². The summed E-state index contributed by atoms with van der Waals surface area (Å²) in [6.45, 7) is 4.80. The number of thiocarbonyl (C=S) groups is 1. The van der Waals surface area contributed by atoms with E-state index in [9.17, 15) is 13.2 Å². The zero-order valence-corrected chi connectivity index (χ0v) is 16.0. The third-order valence-electron chi connectivity index (χ3n) is 3.75. The van der Waals surface area contributed by atoms with Crippen molar-refractivity contribution in [1.29, 1.82) is 0 Å². The van der Waals surface area contributed by atoms with E-state index in [2.05, 4.69) is 12.2 Å². The number of nitrogens with one attached hydrogen (secondary N) is 1. The number of ether oxygens (including phenoxy) is 2. The molecule has 0 saturated heterocycles. The van der Waals surface area contributed by atoms with E-state index in [0.717, 1.165) is 31.5 Å². The van der Waals surface area contributed by atoms with Crippen LogP contribution in [0.25, 0.3) is 0 Å². The monoisotopic (exact) mass is 397 g/mol. The summed E-state index contributed by atoms with van der Waals surface area (Å²) in [7, 11) is 0. The number of hydrogen-bond donors (Lipinski definition) is 1. The van der Waals surface area contributed by atoms with E-state index >= 15 is 0 Å². The highest BCUT2D eigenvalue weighted by atomic mass is 32.1. The van der Waals surface area contributed by atoms with Gasteiger partial charge in [0.2, 0.25) is 0 Å². The number of unbranched alkanes of at least 4 members (excludes halogenated alkanes) is 1. The summed E-state index contributed by atoms with van der Waals surface area (Å²) >= 11 is 5.30. The molecule has 2 rings (SSSR count). The number of halogens is 3. The van der Waals surface area contributed by atoms with Crippen molar-refractivity contribution in [2.75, 3.05) is 6.54 Å². The van der Waals surface area contributed by atoms with Crippen LogP contribution in [0.15, 0.2) is 48.5 Å². The minimum Gasteiger partial charge on any atom is -0.484 e. The molecule has 1 N–H and O–H groups in total. The second kappa shape index (κ2) is 9.60. The average Bonchev–Trinajstić information content (AvgIpc) is 2.63. The van der Waals surface area contributed by atoms with Crippen molar-refractivity contribution < 1.29 is 22.6 Å². The molecule has 2 aromatic rings. The van der Waals surface area contributed by atoms with Crippen molar-refractivity contribution in [3.63, 3.8) is 0 Å². The maximum Gasteiger partial charge on any atom is 0.416 e. The third kappa shape index (κ3) is 6.75. The lowest BCUT2D eigenvalue weighted by molar-refractivity contribution is -0.137. The molecule has 3 nitrogen and oxygen atoms in total. The molecule has 0 fully saturated rings. The van der Waals surface area contributed by atoms with Gasteiger partial charge in [0.25, 0.3) is 0 Å². The van der Waals surface area contributed by atoms with E-state index < -0.39 is 11.7 Å². The second-order valence-electron chi connectivity index (χ2n) is 6.00. The lowest BCUT2D eigenvalue weighted by atomic mass is 10.2. The molecule has 0 amide bonds. The lowest BCUT2D eigenvalue weighted by Gasteiger charge is -2.17. The first-order valence-corrected chi connectivity index (χ1v) is 9.10. The van der Waals surface area contributed by atoms with Crippen molar-refractivity contribution in [1.82, 2.24) is 5.32 Å². The van der Waals surface area contributed by atoms with E-state index in [1.54, 1.807) is 24.3 Å². The Morgan fingerprint density at radius 2 is 1.52 bits per heavy atom. The number of alkyl halides is 3. The smallest absolute Gasteiger partial charge is 0.416 e. The molecule has 0 bridgehead atoms. The van der Waals surface area contributed by atoms with E-state index in [0.29, 0.717) is 22.2 Å². The second-order valence-corrected chi connectivity index (χ2v) is 6.44. The van der Waals surface area contributed by atoms with E-state index in [4.69, 9.17) is 21.7 Å². The third-order valence-corrected chi connectivity index (χ3v) is 4.23. The van der Waals surface area contributed by atoms with Gasteiger partial charge in [0.1, 0.15) is 28.3 Å². The van der Waals surface area contributed by atoms with Crippen molar-refractivity contribution >= 4 is 17.2 Å². The Hall–Kier alpha value is -2.28. The minimum absolute atomic E-state index is 0.265. The fourth-order valence-electron chi connectivity index (χ4n) is 2.22. The highest BCUT2D eigenvalue weighted by molar-refractivity contribution is 7.80. The Bertz CT molecular complexity index is 730. The van der Waals surface area contributed by atoms with Crippen LogP contribution in [-0.4, -0.2) is 17.6 Å². The summed E-state index contributed by atoms with van der Waals surface area (Å²) in [5.41, 5.74) is -0.712. The van der Waals surface area contributed by atoms with E-state index in [-0.39, 0.29) is 6.10 Å². The highest BCUT2D eigenvalue weighted by Crippen LogP contribution is 2.31. The van der Waals surface area contributed by atoms with Crippen LogP contribution in [0.2, 0.25) is 0 Å². The predicted molar refractivity (Wildman–Crippen MR) is 104 cm³/mol. The van der Waals surface area contributed by atoms with Gasteiger partial charge < -0.3 is 14.8 Å². The van der Waals surface area contributed by atoms with Crippen LogP contribution >= 0.6 is 12.2 Å². The molecule has 0 aliphatic rings. The van der Waals surface area contributed by atoms with Crippen LogP contribution in [0.3, 0.4) is 0 Å². The Morgan fingerprint density at radius 1 is 1.00 bits per heavy atom. The van der Waals surface area contributed by atoms with Gasteiger partial charge in [-0.3, -0.25) is 0 Å². The van der Waals surface area contributed by atoms with Crippen LogP contribution in [0.1, 0.15) is 32.3 Å². The Morgan fingerprint density at radius 3 is 2.04 bits per heavy atom. The Balaban J connectivity index is 1.90. The summed E-state index contributed by atoms with van der Waals surface area (Å²) < 4.78 is 49.0.